The molecule has 1 fully saturated rings. The zero-order valence-corrected chi connectivity index (χ0v) is 20.6. The monoisotopic (exact) mass is 504 g/mol. The summed E-state index contributed by atoms with van der Waals surface area (Å²) >= 11 is 6.09. The molecule has 0 bridgehead atoms. The molecule has 1 amide bonds. The van der Waals surface area contributed by atoms with E-state index in [1.54, 1.807) is 37.2 Å². The number of carbonyl (C=O) groups is 2. The maximum Gasteiger partial charge on any atom is 0.303 e. The Morgan fingerprint density at radius 3 is 2.94 bits per heavy atom. The van der Waals surface area contributed by atoms with E-state index < -0.39 is 11.4 Å². The number of carbonyl (C=O) groups excluding carboxylic acids is 1. The first kappa shape index (κ1) is 25.0. The van der Waals surface area contributed by atoms with E-state index in [4.69, 9.17) is 16.7 Å². The molecule has 0 aliphatic carbocycles. The summed E-state index contributed by atoms with van der Waals surface area (Å²) < 4.78 is 14.6. The third-order valence-corrected chi connectivity index (χ3v) is 6.54. The molecule has 0 spiro atoms. The Morgan fingerprint density at radius 2 is 2.17 bits per heavy atom. The first-order valence-electron chi connectivity index (χ1n) is 11.7. The molecule has 1 atom stereocenters. The summed E-state index contributed by atoms with van der Waals surface area (Å²) in [5, 5.41) is 16.5. The molecule has 2 aliphatic heterocycles. The van der Waals surface area contributed by atoms with Gasteiger partial charge < -0.3 is 25.6 Å². The van der Waals surface area contributed by atoms with Crippen LogP contribution in [0.4, 0.5) is 4.39 Å². The molecule has 188 valence electrons. The van der Waals surface area contributed by atoms with Crippen LogP contribution in [0.3, 0.4) is 0 Å². The molecule has 1 saturated heterocycles. The number of H-pyrrole nitrogens is 1. The maximum atomic E-state index is 14.6. The Balaban J connectivity index is 1.39. The van der Waals surface area contributed by atoms with E-state index in [2.05, 4.69) is 25.6 Å². The second-order valence-corrected chi connectivity index (χ2v) is 10.4. The van der Waals surface area contributed by atoms with Crippen LogP contribution in [0.1, 0.15) is 45.1 Å². The fraction of sp³-hybridized carbons (Fsp3) is 0.500. The van der Waals surface area contributed by atoms with Gasteiger partial charge in [-0.2, -0.15) is 0 Å². The Labute approximate surface area is 207 Å². The number of carboxylic acid groups (broad SMARTS) is 1. The van der Waals surface area contributed by atoms with Gasteiger partial charge in [-0.05, 0) is 30.2 Å². The van der Waals surface area contributed by atoms with Crippen LogP contribution in [-0.2, 0) is 9.59 Å². The number of amides is 1. The highest BCUT2D eigenvalue weighted by Crippen LogP contribution is 2.28. The van der Waals surface area contributed by atoms with Gasteiger partial charge >= 0.3 is 5.97 Å². The van der Waals surface area contributed by atoms with Gasteiger partial charge in [0.25, 0.3) is 0 Å². The lowest BCUT2D eigenvalue weighted by atomic mass is 9.84. The number of aliphatic carboxylic acids is 1. The van der Waals surface area contributed by atoms with E-state index in [1.807, 2.05) is 0 Å². The van der Waals surface area contributed by atoms with E-state index in [0.717, 1.165) is 23.8 Å². The van der Waals surface area contributed by atoms with Crippen molar-refractivity contribution in [3.8, 4) is 0 Å². The fourth-order valence-electron chi connectivity index (χ4n) is 4.61. The average molecular weight is 505 g/mol. The fourth-order valence-corrected chi connectivity index (χ4v) is 4.77. The van der Waals surface area contributed by atoms with Gasteiger partial charge in [-0.15, -0.1) is 0 Å². The standard InChI is InChI=1S/C24H30ClFN6O3/c1-24(2,8-20(34)35)7-19(33)32-5-3-4-14(13-32)9-27-23-18(26)12-30-22(31-23)17-11-29-21-16(17)6-15(25)10-28-21/h6,10-11,14,27H,3-5,7-9,12-13H2,1-2H3,(H,28,29)(H,30,31)(H,34,35)/t14-/m1/s1. The zero-order chi connectivity index (χ0) is 25.2. The smallest absolute Gasteiger partial charge is 0.303 e. The van der Waals surface area contributed by atoms with Crippen molar-refractivity contribution in [3.05, 3.63) is 40.7 Å². The lowest BCUT2D eigenvalue weighted by molar-refractivity contribution is -0.141. The van der Waals surface area contributed by atoms with E-state index in [-0.39, 0.29) is 42.9 Å². The number of nitrogens with zero attached hydrogens (tertiary/aromatic N) is 3. The molecular formula is C24H30ClFN6O3. The number of rotatable bonds is 8. The lowest BCUT2D eigenvalue weighted by Gasteiger charge is -2.35. The quantitative estimate of drug-likeness (QED) is 0.437. The molecule has 4 rings (SSSR count). The number of carboxylic acids is 1. The SMILES string of the molecule is CC(C)(CC(=O)O)CC(=O)N1CCC[C@H](CNC2=C(F)CNC(c3c[nH]c4ncc(Cl)cc34)=N2)C1. The van der Waals surface area contributed by atoms with E-state index >= 15 is 0 Å². The van der Waals surface area contributed by atoms with Crippen molar-refractivity contribution in [2.24, 2.45) is 16.3 Å². The van der Waals surface area contributed by atoms with Crippen LogP contribution in [0.2, 0.25) is 5.02 Å². The van der Waals surface area contributed by atoms with Crippen LogP contribution in [0.15, 0.2) is 35.1 Å². The van der Waals surface area contributed by atoms with Gasteiger partial charge in [0.1, 0.15) is 11.5 Å². The molecule has 2 aliphatic rings. The first-order chi connectivity index (χ1) is 16.6. The number of piperidine rings is 1. The van der Waals surface area contributed by atoms with Crippen molar-refractivity contribution in [1.29, 1.82) is 0 Å². The second kappa shape index (κ2) is 10.2. The van der Waals surface area contributed by atoms with Crippen molar-refractivity contribution < 1.29 is 19.1 Å². The molecule has 11 heteroatoms. The van der Waals surface area contributed by atoms with Crippen LogP contribution >= 0.6 is 11.6 Å². The third kappa shape index (κ3) is 6.11. The molecule has 0 aromatic carbocycles. The number of halogens is 2. The topological polar surface area (TPSA) is 123 Å². The van der Waals surface area contributed by atoms with Crippen LogP contribution < -0.4 is 10.6 Å². The van der Waals surface area contributed by atoms with Crippen molar-refractivity contribution in [2.45, 2.75) is 39.5 Å². The zero-order valence-electron chi connectivity index (χ0n) is 19.8. The van der Waals surface area contributed by atoms with Crippen LogP contribution in [-0.4, -0.2) is 63.9 Å². The molecule has 4 N–H and O–H groups in total. The largest absolute Gasteiger partial charge is 0.481 e. The van der Waals surface area contributed by atoms with Gasteiger partial charge in [0.2, 0.25) is 5.91 Å². The van der Waals surface area contributed by atoms with Gasteiger partial charge in [0.15, 0.2) is 11.6 Å². The second-order valence-electron chi connectivity index (χ2n) is 9.96. The summed E-state index contributed by atoms with van der Waals surface area (Å²) in [7, 11) is 0. The van der Waals surface area contributed by atoms with Gasteiger partial charge in [-0.25, -0.2) is 14.4 Å². The minimum absolute atomic E-state index is 0.00969. The number of aromatic amines is 1. The molecule has 4 heterocycles. The lowest BCUT2D eigenvalue weighted by Crippen LogP contribution is -2.44. The number of hydrogen-bond donors (Lipinski definition) is 4. The molecule has 2 aromatic heterocycles. The number of likely N-dealkylation sites (tertiary alicyclic amines) is 1. The Kier molecular flexibility index (Phi) is 7.30. The molecule has 35 heavy (non-hydrogen) atoms. The van der Waals surface area contributed by atoms with E-state index in [9.17, 15) is 14.0 Å². The van der Waals surface area contributed by atoms with E-state index in [0.29, 0.717) is 36.1 Å². The normalized spacial score (nSPS) is 18.9. The van der Waals surface area contributed by atoms with Crippen molar-refractivity contribution >= 4 is 40.3 Å². The highest BCUT2D eigenvalue weighted by Gasteiger charge is 2.30. The summed E-state index contributed by atoms with van der Waals surface area (Å²) in [4.78, 5) is 37.5. The molecule has 9 nitrogen and oxygen atoms in total. The number of fused-ring (bicyclic) bond motifs is 1. The average Bonchev–Trinajstić information content (AvgIpc) is 3.20. The van der Waals surface area contributed by atoms with Crippen molar-refractivity contribution in [3.63, 3.8) is 0 Å². The summed E-state index contributed by atoms with van der Waals surface area (Å²) in [6.07, 6.45) is 5.19. The summed E-state index contributed by atoms with van der Waals surface area (Å²) in [6, 6.07) is 1.78. The Morgan fingerprint density at radius 1 is 1.37 bits per heavy atom. The number of aromatic nitrogens is 2. The number of nitrogens with one attached hydrogen (secondary N) is 3. The van der Waals surface area contributed by atoms with Crippen LogP contribution in [0.5, 0.6) is 0 Å². The number of amidine groups is 1. The molecule has 2 aromatic rings. The Bertz CT molecular complexity index is 1190. The van der Waals surface area contributed by atoms with Crippen LogP contribution in [0, 0.1) is 11.3 Å². The van der Waals surface area contributed by atoms with Crippen molar-refractivity contribution in [1.82, 2.24) is 25.5 Å². The van der Waals surface area contributed by atoms with Gasteiger partial charge in [-0.3, -0.25) is 9.59 Å². The highest BCUT2D eigenvalue weighted by atomic mass is 35.5. The predicted octanol–water partition coefficient (Wildman–Crippen LogP) is 3.42. The predicted molar refractivity (Wildman–Crippen MR) is 132 cm³/mol. The first-order valence-corrected chi connectivity index (χ1v) is 12.1. The number of pyridine rings is 1. The molecule has 0 saturated carbocycles. The minimum atomic E-state index is -0.910. The van der Waals surface area contributed by atoms with Gasteiger partial charge in [0.05, 0.1) is 18.0 Å². The van der Waals surface area contributed by atoms with Gasteiger partial charge in [0, 0.05) is 49.4 Å². The summed E-state index contributed by atoms with van der Waals surface area (Å²) in [6.45, 7) is 5.27. The maximum absolute atomic E-state index is 14.6. The third-order valence-electron chi connectivity index (χ3n) is 6.33. The van der Waals surface area contributed by atoms with Gasteiger partial charge in [-0.1, -0.05) is 25.4 Å². The Hall–Kier alpha value is -3.14. The molecule has 0 radical (unpaired) electrons. The number of hydrogen-bond acceptors (Lipinski definition) is 6. The van der Waals surface area contributed by atoms with E-state index in [1.165, 1.54) is 0 Å². The highest BCUT2D eigenvalue weighted by molar-refractivity contribution is 6.31. The minimum Gasteiger partial charge on any atom is -0.481 e. The number of aliphatic imine (C=N–C) groups is 1. The van der Waals surface area contributed by atoms with Crippen molar-refractivity contribution in [2.75, 3.05) is 26.2 Å². The molecule has 0 unspecified atom stereocenters. The summed E-state index contributed by atoms with van der Waals surface area (Å²) in [5.74, 6) is -0.503. The summed E-state index contributed by atoms with van der Waals surface area (Å²) in [5.41, 5.74) is 0.807. The molecular weight excluding hydrogens is 475 g/mol. The van der Waals surface area contributed by atoms with Crippen LogP contribution in [0.25, 0.3) is 11.0 Å².